The Morgan fingerprint density at radius 2 is 0.907 bits per heavy atom. The van der Waals surface area contributed by atoms with Crippen LogP contribution in [0.2, 0.25) is 0 Å². The number of aryl methyl sites for hydroxylation is 3. The van der Waals surface area contributed by atoms with Gasteiger partial charge in [0.2, 0.25) is 0 Å². The second-order valence-corrected chi connectivity index (χ2v) is 19.9. The van der Waals surface area contributed by atoms with Gasteiger partial charge in [-0.05, 0) is 81.5 Å². The van der Waals surface area contributed by atoms with Gasteiger partial charge in [0.25, 0.3) is 0 Å². The molecule has 1 saturated carbocycles. The Bertz CT molecular complexity index is 2040. The highest BCUT2D eigenvalue weighted by Gasteiger charge is 2.75. The van der Waals surface area contributed by atoms with Crippen LogP contribution in [0.1, 0.15) is 29.5 Å². The lowest BCUT2D eigenvalue weighted by Gasteiger charge is -2.47. The molecule has 12 heteroatoms. The van der Waals surface area contributed by atoms with Gasteiger partial charge in [-0.1, -0.05) is 53.1 Å². The van der Waals surface area contributed by atoms with Gasteiger partial charge in [0.1, 0.15) is 34.8 Å². The predicted molar refractivity (Wildman–Crippen MR) is 204 cm³/mol. The molecule has 0 bridgehead atoms. The fourth-order valence-electron chi connectivity index (χ4n) is 9.17. The summed E-state index contributed by atoms with van der Waals surface area (Å²) in [7, 11) is -5.06. The monoisotopic (exact) mass is 786 g/mol. The van der Waals surface area contributed by atoms with Crippen molar-refractivity contribution in [2.75, 3.05) is 17.3 Å². The number of ether oxygens (including phenoxy) is 2. The number of hydrogen-bond donors (Lipinski definition) is 1. The van der Waals surface area contributed by atoms with Gasteiger partial charge in [0, 0.05) is 39.4 Å². The lowest BCUT2D eigenvalue weighted by atomic mass is 9.58. The molecule has 0 spiro atoms. The van der Waals surface area contributed by atoms with Crippen LogP contribution in [0.5, 0.6) is 0 Å². The van der Waals surface area contributed by atoms with Crippen molar-refractivity contribution in [3.8, 4) is 0 Å². The first-order valence-electron chi connectivity index (χ1n) is 18.1. The summed E-state index contributed by atoms with van der Waals surface area (Å²) in [5.74, 6) is -5.08. The van der Waals surface area contributed by atoms with Gasteiger partial charge in [-0.2, -0.15) is 0 Å². The SMILES string of the molecule is Cc1ccc(S(=O)CC2(O)[C@@H]3O[C@@]4(CS(=O)c5ccc(C)cc5)C=CC(=O)C[C@H]4[C@@H]3C(=O)[C@@H]3[C@H]4CC(=O)C=C[C@@]4(CS(=O)c4ccc(C)cc4)O[C@@H]32)cc1. The largest absolute Gasteiger partial charge is 0.383 e. The van der Waals surface area contributed by atoms with Gasteiger partial charge in [-0.25, -0.2) is 0 Å². The maximum absolute atomic E-state index is 15.2. The molecule has 3 fully saturated rings. The van der Waals surface area contributed by atoms with Crippen molar-refractivity contribution in [1.29, 1.82) is 0 Å². The van der Waals surface area contributed by atoms with E-state index in [1.54, 1.807) is 48.6 Å². The van der Waals surface area contributed by atoms with Crippen LogP contribution >= 0.6 is 0 Å². The van der Waals surface area contributed by atoms with Crippen molar-refractivity contribution in [2.24, 2.45) is 23.7 Å². The van der Waals surface area contributed by atoms with E-state index in [2.05, 4.69) is 0 Å². The zero-order valence-electron chi connectivity index (χ0n) is 30.2. The standard InChI is InChI=1S/C42H42O9S3/c1-25-4-10-30(11-5-25)52(47)22-40-18-16-28(43)20-33(40)35-37(45)36-34-21-29(44)17-19-41(34,23-53(48)31-12-6-26(2)7-13-31)51-39(36)42(46,38(35)50-40)24-54(49)32-14-8-27(3)9-15-32/h4-19,33-36,38-39,46H,20-24H2,1-3H3/t33-,34+,35+,36-,38+,39-,40+,41-,42?,52?,53?,54?. The Labute approximate surface area is 322 Å². The lowest BCUT2D eigenvalue weighted by Crippen LogP contribution is -2.66. The summed E-state index contributed by atoms with van der Waals surface area (Å²) in [6.07, 6.45) is 3.18. The van der Waals surface area contributed by atoms with Gasteiger partial charge < -0.3 is 14.6 Å². The van der Waals surface area contributed by atoms with E-state index < -0.39 is 85.1 Å². The molecule has 0 amide bonds. The maximum Gasteiger partial charge on any atom is 0.155 e. The number of fused-ring (bicyclic) bond motifs is 6. The summed E-state index contributed by atoms with van der Waals surface area (Å²) in [4.78, 5) is 43.1. The quantitative estimate of drug-likeness (QED) is 0.333. The van der Waals surface area contributed by atoms with E-state index >= 15 is 4.79 Å². The fourth-order valence-corrected chi connectivity index (χ4v) is 13.3. The normalized spacial score (nSPS) is 35.5. The van der Waals surface area contributed by atoms with Crippen LogP contribution in [0.25, 0.3) is 0 Å². The minimum Gasteiger partial charge on any atom is -0.383 e. The van der Waals surface area contributed by atoms with Gasteiger partial charge in [-0.3, -0.25) is 27.0 Å². The minimum atomic E-state index is -2.09. The van der Waals surface area contributed by atoms with Crippen molar-refractivity contribution in [3.63, 3.8) is 0 Å². The third-order valence-corrected chi connectivity index (χ3v) is 16.5. The zero-order valence-corrected chi connectivity index (χ0v) is 32.6. The first kappa shape index (κ1) is 37.4. The third kappa shape index (κ3) is 6.32. The Morgan fingerprint density at radius 1 is 0.574 bits per heavy atom. The van der Waals surface area contributed by atoms with Crippen LogP contribution in [0.4, 0.5) is 0 Å². The van der Waals surface area contributed by atoms with Crippen molar-refractivity contribution in [3.05, 3.63) is 114 Å². The molecule has 2 saturated heterocycles. The van der Waals surface area contributed by atoms with Crippen LogP contribution in [-0.4, -0.2) is 81.4 Å². The number of ketones is 3. The molecule has 0 aromatic heterocycles. The zero-order chi connectivity index (χ0) is 38.2. The van der Waals surface area contributed by atoms with Crippen LogP contribution < -0.4 is 0 Å². The summed E-state index contributed by atoms with van der Waals surface area (Å²) in [5.41, 5.74) is -1.88. The van der Waals surface area contributed by atoms with Gasteiger partial charge in [-0.15, -0.1) is 0 Å². The van der Waals surface area contributed by atoms with Gasteiger partial charge in [0.05, 0.1) is 61.5 Å². The number of carbonyl (C=O) groups is 3. The van der Waals surface area contributed by atoms with Crippen molar-refractivity contribution < 1.29 is 41.6 Å². The Balaban J connectivity index is 1.23. The highest BCUT2D eigenvalue weighted by atomic mass is 32.2. The van der Waals surface area contributed by atoms with E-state index in [0.717, 1.165) is 16.7 Å². The highest BCUT2D eigenvalue weighted by molar-refractivity contribution is 7.85. The maximum atomic E-state index is 15.2. The average molecular weight is 787 g/mol. The molecule has 12 atom stereocenters. The molecule has 3 aromatic rings. The van der Waals surface area contributed by atoms with Crippen molar-refractivity contribution in [1.82, 2.24) is 0 Å². The van der Waals surface area contributed by atoms with E-state index in [1.165, 1.54) is 12.2 Å². The third-order valence-electron chi connectivity index (χ3n) is 12.0. The number of allylic oxidation sites excluding steroid dienone is 2. The van der Waals surface area contributed by atoms with Crippen LogP contribution in [-0.2, 0) is 56.3 Å². The second-order valence-electron chi connectivity index (χ2n) is 15.6. The number of aliphatic hydroxyl groups is 1. The molecule has 1 N–H and O–H groups in total. The number of rotatable bonds is 9. The molecule has 2 aliphatic heterocycles. The molecule has 3 aromatic carbocycles. The number of hydrogen-bond acceptors (Lipinski definition) is 9. The molecular formula is C42H42O9S3. The molecule has 8 rings (SSSR count). The highest BCUT2D eigenvalue weighted by Crippen LogP contribution is 2.61. The van der Waals surface area contributed by atoms with Gasteiger partial charge >= 0.3 is 0 Å². The molecule has 2 heterocycles. The molecule has 3 aliphatic carbocycles. The minimum absolute atomic E-state index is 0.0811. The Hall–Kier alpha value is -3.52. The topological polar surface area (TPSA) is 141 Å². The van der Waals surface area contributed by atoms with Crippen LogP contribution in [0, 0.1) is 44.4 Å². The van der Waals surface area contributed by atoms with E-state index in [4.69, 9.17) is 9.47 Å². The Kier molecular flexibility index (Phi) is 9.63. The molecule has 54 heavy (non-hydrogen) atoms. The first-order valence-corrected chi connectivity index (χ1v) is 22.1. The lowest BCUT2D eigenvalue weighted by molar-refractivity contribution is -0.204. The predicted octanol–water partition coefficient (Wildman–Crippen LogP) is 4.45. The van der Waals surface area contributed by atoms with E-state index in [9.17, 15) is 27.3 Å². The number of Topliss-reactive ketones (excluding diaryl/α,β-unsaturated/α-hetero) is 1. The summed E-state index contributed by atoms with van der Waals surface area (Å²) in [6, 6.07) is 21.6. The van der Waals surface area contributed by atoms with E-state index in [1.807, 2.05) is 57.2 Å². The Morgan fingerprint density at radius 3 is 1.26 bits per heavy atom. The van der Waals surface area contributed by atoms with Gasteiger partial charge in [0.15, 0.2) is 11.6 Å². The average Bonchev–Trinajstić information content (AvgIpc) is 3.66. The van der Waals surface area contributed by atoms with Crippen molar-refractivity contribution in [2.45, 2.75) is 77.3 Å². The number of carbonyl (C=O) groups excluding carboxylic acids is 3. The fraction of sp³-hybridized carbons (Fsp3) is 0.405. The molecule has 0 radical (unpaired) electrons. The summed E-state index contributed by atoms with van der Waals surface area (Å²) >= 11 is 0. The molecule has 5 aliphatic rings. The summed E-state index contributed by atoms with van der Waals surface area (Å²) in [5, 5.41) is 13.3. The van der Waals surface area contributed by atoms with E-state index in [0.29, 0.717) is 14.7 Å². The molecule has 9 nitrogen and oxygen atoms in total. The number of benzene rings is 3. The molecule has 4 unspecified atom stereocenters. The summed E-state index contributed by atoms with van der Waals surface area (Å²) in [6.45, 7) is 5.77. The summed E-state index contributed by atoms with van der Waals surface area (Å²) < 4.78 is 56.0. The smallest absolute Gasteiger partial charge is 0.155 e. The van der Waals surface area contributed by atoms with E-state index in [-0.39, 0.29) is 47.4 Å². The van der Waals surface area contributed by atoms with Crippen LogP contribution in [0.3, 0.4) is 0 Å². The van der Waals surface area contributed by atoms with Crippen molar-refractivity contribution >= 4 is 49.7 Å². The second kappa shape index (κ2) is 13.9. The molecule has 282 valence electrons. The molecular weight excluding hydrogens is 745 g/mol. The van der Waals surface area contributed by atoms with Crippen LogP contribution in [0.15, 0.2) is 112 Å². The first-order chi connectivity index (χ1) is 25.7.